The van der Waals surface area contributed by atoms with Crippen molar-refractivity contribution < 1.29 is 5.11 Å². The molecule has 1 N–H and O–H groups in total. The standard InChI is InChI=1S/C18H23NO/c1-14(20)16-9-5-11-19(12-16)13-17-8-4-7-15-6-2-3-10-18(15)17/h2-4,6-8,10,14,16,20H,5,9,11-13H2,1H3. The Morgan fingerprint density at radius 1 is 1.20 bits per heavy atom. The predicted molar refractivity (Wildman–Crippen MR) is 83.6 cm³/mol. The zero-order chi connectivity index (χ0) is 13.9. The fraction of sp³-hybridized carbons (Fsp3) is 0.444. The summed E-state index contributed by atoms with van der Waals surface area (Å²) in [5, 5.41) is 12.5. The molecule has 0 aliphatic carbocycles. The summed E-state index contributed by atoms with van der Waals surface area (Å²) in [6, 6.07) is 15.1. The fourth-order valence-corrected chi connectivity index (χ4v) is 3.30. The Morgan fingerprint density at radius 3 is 2.85 bits per heavy atom. The summed E-state index contributed by atoms with van der Waals surface area (Å²) < 4.78 is 0. The van der Waals surface area contributed by atoms with Crippen molar-refractivity contribution in [2.75, 3.05) is 13.1 Å². The minimum atomic E-state index is -0.190. The third-order valence-corrected chi connectivity index (χ3v) is 4.50. The highest BCUT2D eigenvalue weighted by Gasteiger charge is 2.23. The molecule has 106 valence electrons. The lowest BCUT2D eigenvalue weighted by molar-refractivity contribution is 0.0600. The van der Waals surface area contributed by atoms with Gasteiger partial charge in [-0.05, 0) is 48.6 Å². The van der Waals surface area contributed by atoms with Gasteiger partial charge in [0.15, 0.2) is 0 Å². The molecule has 2 heteroatoms. The van der Waals surface area contributed by atoms with E-state index in [1.165, 1.54) is 22.8 Å². The van der Waals surface area contributed by atoms with Gasteiger partial charge in [0.1, 0.15) is 0 Å². The Morgan fingerprint density at radius 2 is 2.00 bits per heavy atom. The molecule has 2 unspecified atom stereocenters. The van der Waals surface area contributed by atoms with Gasteiger partial charge in [0, 0.05) is 13.1 Å². The van der Waals surface area contributed by atoms with E-state index in [0.29, 0.717) is 5.92 Å². The van der Waals surface area contributed by atoms with E-state index in [4.69, 9.17) is 0 Å². The van der Waals surface area contributed by atoms with Gasteiger partial charge in [-0.15, -0.1) is 0 Å². The van der Waals surface area contributed by atoms with Crippen LogP contribution in [0.25, 0.3) is 10.8 Å². The summed E-state index contributed by atoms with van der Waals surface area (Å²) in [5.41, 5.74) is 1.40. The van der Waals surface area contributed by atoms with E-state index in [2.05, 4.69) is 47.4 Å². The first-order valence-electron chi connectivity index (χ1n) is 7.61. The van der Waals surface area contributed by atoms with Crippen molar-refractivity contribution in [3.05, 3.63) is 48.0 Å². The third-order valence-electron chi connectivity index (χ3n) is 4.50. The van der Waals surface area contributed by atoms with Crippen LogP contribution in [0.1, 0.15) is 25.3 Å². The first-order chi connectivity index (χ1) is 9.74. The molecule has 3 rings (SSSR count). The van der Waals surface area contributed by atoms with Crippen molar-refractivity contribution in [1.82, 2.24) is 4.90 Å². The molecule has 2 aromatic rings. The molecule has 2 atom stereocenters. The van der Waals surface area contributed by atoms with E-state index < -0.39 is 0 Å². The molecule has 0 radical (unpaired) electrons. The summed E-state index contributed by atoms with van der Waals surface area (Å²) in [7, 11) is 0. The minimum absolute atomic E-state index is 0.190. The lowest BCUT2D eigenvalue weighted by Crippen LogP contribution is -2.39. The number of aliphatic hydroxyl groups excluding tert-OH is 1. The number of benzene rings is 2. The number of likely N-dealkylation sites (tertiary alicyclic amines) is 1. The molecule has 20 heavy (non-hydrogen) atoms. The van der Waals surface area contributed by atoms with E-state index in [9.17, 15) is 5.11 Å². The summed E-state index contributed by atoms with van der Waals surface area (Å²) in [4.78, 5) is 2.49. The maximum atomic E-state index is 9.81. The topological polar surface area (TPSA) is 23.5 Å². The van der Waals surface area contributed by atoms with Crippen molar-refractivity contribution in [1.29, 1.82) is 0 Å². The summed E-state index contributed by atoms with van der Waals surface area (Å²) >= 11 is 0. The molecule has 1 fully saturated rings. The fourth-order valence-electron chi connectivity index (χ4n) is 3.30. The highest BCUT2D eigenvalue weighted by atomic mass is 16.3. The minimum Gasteiger partial charge on any atom is -0.393 e. The highest BCUT2D eigenvalue weighted by Crippen LogP contribution is 2.24. The monoisotopic (exact) mass is 269 g/mol. The number of nitrogens with zero attached hydrogens (tertiary/aromatic N) is 1. The average molecular weight is 269 g/mol. The maximum Gasteiger partial charge on any atom is 0.0552 e. The van der Waals surface area contributed by atoms with Crippen LogP contribution in [0.2, 0.25) is 0 Å². The molecular weight excluding hydrogens is 246 g/mol. The summed E-state index contributed by atoms with van der Waals surface area (Å²) in [6.45, 7) is 5.07. The molecule has 0 aromatic heterocycles. The first-order valence-corrected chi connectivity index (χ1v) is 7.61. The number of hydrogen-bond donors (Lipinski definition) is 1. The van der Waals surface area contributed by atoms with Gasteiger partial charge in [-0.2, -0.15) is 0 Å². The van der Waals surface area contributed by atoms with Gasteiger partial charge in [0.25, 0.3) is 0 Å². The highest BCUT2D eigenvalue weighted by molar-refractivity contribution is 5.85. The van der Waals surface area contributed by atoms with E-state index in [1.54, 1.807) is 0 Å². The molecule has 1 aliphatic rings. The molecular formula is C18H23NO. The van der Waals surface area contributed by atoms with E-state index in [0.717, 1.165) is 26.1 Å². The normalized spacial score (nSPS) is 22.0. The van der Waals surface area contributed by atoms with E-state index >= 15 is 0 Å². The second-order valence-corrected chi connectivity index (χ2v) is 6.02. The molecule has 1 aliphatic heterocycles. The number of piperidine rings is 1. The van der Waals surface area contributed by atoms with Crippen molar-refractivity contribution in [2.24, 2.45) is 5.92 Å². The second-order valence-electron chi connectivity index (χ2n) is 6.02. The van der Waals surface area contributed by atoms with Crippen LogP contribution >= 0.6 is 0 Å². The largest absolute Gasteiger partial charge is 0.393 e. The molecule has 0 spiro atoms. The number of hydrogen-bond acceptors (Lipinski definition) is 2. The molecule has 0 amide bonds. The number of fused-ring (bicyclic) bond motifs is 1. The van der Waals surface area contributed by atoms with Crippen LogP contribution in [0.15, 0.2) is 42.5 Å². The Kier molecular flexibility index (Phi) is 4.04. The Hall–Kier alpha value is -1.38. The molecule has 1 saturated heterocycles. The lowest BCUT2D eigenvalue weighted by Gasteiger charge is -2.34. The molecule has 0 saturated carbocycles. The van der Waals surface area contributed by atoms with Gasteiger partial charge in [-0.1, -0.05) is 42.5 Å². The van der Waals surface area contributed by atoms with Crippen molar-refractivity contribution in [2.45, 2.75) is 32.4 Å². The summed E-state index contributed by atoms with van der Waals surface area (Å²) in [6.07, 6.45) is 2.16. The van der Waals surface area contributed by atoms with Gasteiger partial charge in [0.05, 0.1) is 6.10 Å². The zero-order valence-electron chi connectivity index (χ0n) is 12.1. The number of rotatable bonds is 3. The molecule has 0 bridgehead atoms. The Balaban J connectivity index is 1.79. The Labute approximate surface area is 121 Å². The van der Waals surface area contributed by atoms with Crippen LogP contribution in [0.4, 0.5) is 0 Å². The van der Waals surface area contributed by atoms with Gasteiger partial charge < -0.3 is 5.11 Å². The van der Waals surface area contributed by atoms with Crippen LogP contribution in [0, 0.1) is 5.92 Å². The quantitative estimate of drug-likeness (QED) is 0.922. The van der Waals surface area contributed by atoms with Crippen molar-refractivity contribution in [3.63, 3.8) is 0 Å². The molecule has 2 aromatic carbocycles. The van der Waals surface area contributed by atoms with E-state index in [1.807, 2.05) is 6.92 Å². The second kappa shape index (κ2) is 5.94. The molecule has 2 nitrogen and oxygen atoms in total. The van der Waals surface area contributed by atoms with Crippen LogP contribution in [-0.2, 0) is 6.54 Å². The smallest absolute Gasteiger partial charge is 0.0552 e. The predicted octanol–water partition coefficient (Wildman–Crippen LogP) is 3.43. The van der Waals surface area contributed by atoms with Crippen LogP contribution in [-0.4, -0.2) is 29.2 Å². The SMILES string of the molecule is CC(O)C1CCCN(Cc2cccc3ccccc23)C1. The molecule has 1 heterocycles. The van der Waals surface area contributed by atoms with Gasteiger partial charge in [-0.3, -0.25) is 4.90 Å². The van der Waals surface area contributed by atoms with Crippen LogP contribution in [0.5, 0.6) is 0 Å². The zero-order valence-corrected chi connectivity index (χ0v) is 12.1. The number of aliphatic hydroxyl groups is 1. The first kappa shape index (κ1) is 13.6. The third kappa shape index (κ3) is 2.87. The van der Waals surface area contributed by atoms with Crippen LogP contribution in [0.3, 0.4) is 0 Å². The van der Waals surface area contributed by atoms with Gasteiger partial charge in [0.2, 0.25) is 0 Å². The summed E-state index contributed by atoms with van der Waals surface area (Å²) in [5.74, 6) is 0.429. The lowest BCUT2D eigenvalue weighted by atomic mass is 9.93. The van der Waals surface area contributed by atoms with Crippen LogP contribution < -0.4 is 0 Å². The van der Waals surface area contributed by atoms with Crippen molar-refractivity contribution >= 4 is 10.8 Å². The van der Waals surface area contributed by atoms with Crippen molar-refractivity contribution in [3.8, 4) is 0 Å². The maximum absolute atomic E-state index is 9.81. The average Bonchev–Trinajstić information content (AvgIpc) is 2.48. The Bertz CT molecular complexity index is 573. The van der Waals surface area contributed by atoms with Gasteiger partial charge >= 0.3 is 0 Å². The van der Waals surface area contributed by atoms with Gasteiger partial charge in [-0.25, -0.2) is 0 Å². The van der Waals surface area contributed by atoms with E-state index in [-0.39, 0.29) is 6.10 Å².